The number of nitrogens with two attached hydrogens (primary N) is 1. The summed E-state index contributed by atoms with van der Waals surface area (Å²) in [5.74, 6) is 0. The van der Waals surface area contributed by atoms with Crippen molar-refractivity contribution < 1.29 is 0 Å². The SMILES string of the molecule is Cc1nc(I)ccc1N. The van der Waals surface area contributed by atoms with Crippen LogP contribution in [0.4, 0.5) is 5.69 Å². The van der Waals surface area contributed by atoms with Crippen LogP contribution in [0.25, 0.3) is 0 Å². The molecular weight excluding hydrogens is 227 g/mol. The Kier molecular flexibility index (Phi) is 1.90. The summed E-state index contributed by atoms with van der Waals surface area (Å²) < 4.78 is 0.985. The fourth-order valence-electron chi connectivity index (χ4n) is 0.541. The number of nitrogens with zero attached hydrogens (tertiary/aromatic N) is 1. The average molecular weight is 234 g/mol. The molecule has 0 atom stereocenters. The van der Waals surface area contributed by atoms with E-state index in [0.29, 0.717) is 0 Å². The lowest BCUT2D eigenvalue weighted by atomic mass is 10.3. The van der Waals surface area contributed by atoms with Gasteiger partial charge in [0.15, 0.2) is 0 Å². The van der Waals surface area contributed by atoms with Crippen LogP contribution in [0.1, 0.15) is 5.69 Å². The van der Waals surface area contributed by atoms with Gasteiger partial charge in [0.25, 0.3) is 0 Å². The van der Waals surface area contributed by atoms with Gasteiger partial charge in [0.2, 0.25) is 0 Å². The third kappa shape index (κ3) is 1.54. The van der Waals surface area contributed by atoms with Crippen molar-refractivity contribution in [3.8, 4) is 0 Å². The van der Waals surface area contributed by atoms with Gasteiger partial charge in [-0.05, 0) is 41.6 Å². The van der Waals surface area contributed by atoms with E-state index in [1.165, 1.54) is 0 Å². The van der Waals surface area contributed by atoms with E-state index in [-0.39, 0.29) is 0 Å². The van der Waals surface area contributed by atoms with Gasteiger partial charge in [-0.2, -0.15) is 0 Å². The average Bonchev–Trinajstić information content (AvgIpc) is 1.80. The predicted molar refractivity (Wildman–Crippen MR) is 46.1 cm³/mol. The number of rotatable bonds is 0. The number of halogens is 1. The van der Waals surface area contributed by atoms with Crippen molar-refractivity contribution in [1.29, 1.82) is 0 Å². The van der Waals surface area contributed by atoms with Crippen molar-refractivity contribution in [2.24, 2.45) is 0 Å². The fourth-order valence-corrected chi connectivity index (χ4v) is 1.08. The molecule has 3 heteroatoms. The molecule has 2 N–H and O–H groups in total. The van der Waals surface area contributed by atoms with Crippen molar-refractivity contribution in [2.75, 3.05) is 5.73 Å². The Labute approximate surface area is 67.6 Å². The first-order chi connectivity index (χ1) is 4.20. The first kappa shape index (κ1) is 6.80. The highest BCUT2D eigenvalue weighted by Crippen LogP contribution is 2.08. The minimum Gasteiger partial charge on any atom is -0.397 e. The van der Waals surface area contributed by atoms with Crippen LogP contribution in [-0.4, -0.2) is 4.98 Å². The van der Waals surface area contributed by atoms with Gasteiger partial charge in [-0.15, -0.1) is 0 Å². The van der Waals surface area contributed by atoms with Gasteiger partial charge in [-0.25, -0.2) is 4.98 Å². The first-order valence-electron chi connectivity index (χ1n) is 2.59. The standard InChI is InChI=1S/C6H7IN2/c1-4-5(8)2-3-6(7)9-4/h2-3H,8H2,1H3. The summed E-state index contributed by atoms with van der Waals surface area (Å²) >= 11 is 2.16. The number of hydrogen-bond acceptors (Lipinski definition) is 2. The van der Waals surface area contributed by atoms with E-state index in [1.54, 1.807) is 0 Å². The van der Waals surface area contributed by atoms with Crippen LogP contribution in [0.3, 0.4) is 0 Å². The lowest BCUT2D eigenvalue weighted by Crippen LogP contribution is -1.92. The van der Waals surface area contributed by atoms with Crippen molar-refractivity contribution in [3.05, 3.63) is 21.5 Å². The third-order valence-electron chi connectivity index (χ3n) is 1.09. The molecule has 1 rings (SSSR count). The molecule has 1 aromatic heterocycles. The Balaban J connectivity index is 3.17. The molecule has 0 radical (unpaired) electrons. The van der Waals surface area contributed by atoms with Gasteiger partial charge in [0.1, 0.15) is 3.70 Å². The first-order valence-corrected chi connectivity index (χ1v) is 3.66. The van der Waals surface area contributed by atoms with Gasteiger partial charge >= 0.3 is 0 Å². The second-order valence-electron chi connectivity index (χ2n) is 1.81. The predicted octanol–water partition coefficient (Wildman–Crippen LogP) is 1.58. The van der Waals surface area contributed by atoms with Crippen molar-refractivity contribution >= 4 is 28.3 Å². The molecule has 0 spiro atoms. The highest BCUT2D eigenvalue weighted by Gasteiger charge is 1.92. The minimum absolute atomic E-state index is 0.760. The summed E-state index contributed by atoms with van der Waals surface area (Å²) in [4.78, 5) is 4.13. The van der Waals surface area contributed by atoms with E-state index >= 15 is 0 Å². The fraction of sp³-hybridized carbons (Fsp3) is 0.167. The Morgan fingerprint density at radius 1 is 1.56 bits per heavy atom. The van der Waals surface area contributed by atoms with E-state index in [2.05, 4.69) is 27.6 Å². The quantitative estimate of drug-likeness (QED) is 0.546. The van der Waals surface area contributed by atoms with Crippen LogP contribution in [0, 0.1) is 10.6 Å². The molecule has 0 aliphatic carbocycles. The molecule has 2 nitrogen and oxygen atoms in total. The van der Waals surface area contributed by atoms with E-state index in [0.717, 1.165) is 15.1 Å². The molecule has 0 aliphatic heterocycles. The van der Waals surface area contributed by atoms with Crippen LogP contribution in [0.15, 0.2) is 12.1 Å². The molecule has 0 amide bonds. The summed E-state index contributed by atoms with van der Waals surface area (Å²) in [5.41, 5.74) is 7.19. The van der Waals surface area contributed by atoms with Crippen LogP contribution in [-0.2, 0) is 0 Å². The number of anilines is 1. The van der Waals surface area contributed by atoms with Gasteiger partial charge in [-0.1, -0.05) is 0 Å². The van der Waals surface area contributed by atoms with E-state index < -0.39 is 0 Å². The zero-order valence-electron chi connectivity index (χ0n) is 5.06. The number of nitrogen functional groups attached to an aromatic ring is 1. The molecule has 0 aliphatic rings. The normalized spacial score (nSPS) is 9.56. The molecule has 48 valence electrons. The molecule has 0 fully saturated rings. The van der Waals surface area contributed by atoms with Gasteiger partial charge in [0.05, 0.1) is 11.4 Å². The molecule has 9 heavy (non-hydrogen) atoms. The van der Waals surface area contributed by atoms with Crippen LogP contribution < -0.4 is 5.73 Å². The zero-order valence-corrected chi connectivity index (χ0v) is 7.21. The van der Waals surface area contributed by atoms with Crippen molar-refractivity contribution in [1.82, 2.24) is 4.98 Å². The molecule has 0 saturated carbocycles. The second-order valence-corrected chi connectivity index (χ2v) is 2.91. The summed E-state index contributed by atoms with van der Waals surface area (Å²) in [6, 6.07) is 3.76. The smallest absolute Gasteiger partial charge is 0.101 e. The Morgan fingerprint density at radius 3 is 2.67 bits per heavy atom. The highest BCUT2D eigenvalue weighted by molar-refractivity contribution is 14.1. The maximum absolute atomic E-state index is 5.52. The van der Waals surface area contributed by atoms with Gasteiger partial charge in [-0.3, -0.25) is 0 Å². The number of aromatic nitrogens is 1. The molecule has 0 unspecified atom stereocenters. The van der Waals surface area contributed by atoms with E-state index in [4.69, 9.17) is 5.73 Å². The maximum atomic E-state index is 5.52. The Morgan fingerprint density at radius 2 is 2.22 bits per heavy atom. The van der Waals surface area contributed by atoms with Crippen molar-refractivity contribution in [3.63, 3.8) is 0 Å². The molecule has 1 aromatic rings. The lowest BCUT2D eigenvalue weighted by molar-refractivity contribution is 1.17. The summed E-state index contributed by atoms with van der Waals surface area (Å²) in [6.45, 7) is 1.90. The summed E-state index contributed by atoms with van der Waals surface area (Å²) in [7, 11) is 0. The maximum Gasteiger partial charge on any atom is 0.101 e. The molecule has 0 saturated heterocycles. The van der Waals surface area contributed by atoms with Gasteiger partial charge < -0.3 is 5.73 Å². The Hall–Kier alpha value is -0.320. The summed E-state index contributed by atoms with van der Waals surface area (Å²) in [6.07, 6.45) is 0. The van der Waals surface area contributed by atoms with E-state index in [1.807, 2.05) is 19.1 Å². The largest absolute Gasteiger partial charge is 0.397 e. The minimum atomic E-state index is 0.760. The third-order valence-corrected chi connectivity index (χ3v) is 1.69. The number of aryl methyl sites for hydroxylation is 1. The topological polar surface area (TPSA) is 38.9 Å². The molecular formula is C6H7IN2. The number of hydrogen-bond donors (Lipinski definition) is 1. The molecule has 0 aromatic carbocycles. The van der Waals surface area contributed by atoms with Crippen LogP contribution >= 0.6 is 22.6 Å². The van der Waals surface area contributed by atoms with Gasteiger partial charge in [0, 0.05) is 0 Å². The second kappa shape index (κ2) is 2.51. The highest BCUT2D eigenvalue weighted by atomic mass is 127. The van der Waals surface area contributed by atoms with Crippen LogP contribution in [0.5, 0.6) is 0 Å². The van der Waals surface area contributed by atoms with E-state index in [9.17, 15) is 0 Å². The zero-order chi connectivity index (χ0) is 6.85. The Bertz CT molecular complexity index is 222. The summed E-state index contributed by atoms with van der Waals surface area (Å²) in [5, 5.41) is 0. The van der Waals surface area contributed by atoms with Crippen molar-refractivity contribution in [2.45, 2.75) is 6.92 Å². The molecule has 1 heterocycles. The molecule has 0 bridgehead atoms. The lowest BCUT2D eigenvalue weighted by Gasteiger charge is -1.96. The van der Waals surface area contributed by atoms with Crippen LogP contribution in [0.2, 0.25) is 0 Å². The monoisotopic (exact) mass is 234 g/mol. The number of pyridine rings is 1.